The zero-order valence-corrected chi connectivity index (χ0v) is 13.0. The van der Waals surface area contributed by atoms with Crippen LogP contribution in [0.25, 0.3) is 0 Å². The molecule has 2 aromatic carbocycles. The topological polar surface area (TPSA) is 38.3 Å². The van der Waals surface area contributed by atoms with Crippen molar-refractivity contribution in [2.75, 3.05) is 7.11 Å². The Hall–Kier alpha value is -1.71. The van der Waals surface area contributed by atoms with Crippen molar-refractivity contribution < 1.29 is 9.53 Å². The summed E-state index contributed by atoms with van der Waals surface area (Å²) < 4.78 is 5.08. The highest BCUT2D eigenvalue weighted by atomic mass is 35.5. The summed E-state index contributed by atoms with van der Waals surface area (Å²) in [7, 11) is 1.61. The van der Waals surface area contributed by atoms with Crippen LogP contribution in [0.2, 0.25) is 10.0 Å². The normalized spacial score (nSPS) is 10.2. The van der Waals surface area contributed by atoms with Crippen molar-refractivity contribution in [2.24, 2.45) is 0 Å². The van der Waals surface area contributed by atoms with Crippen LogP contribution < -0.4 is 10.1 Å². The maximum absolute atomic E-state index is 11.9. The van der Waals surface area contributed by atoms with E-state index in [0.717, 1.165) is 16.9 Å². The lowest BCUT2D eigenvalue weighted by Gasteiger charge is -2.08. The molecule has 5 heteroatoms. The molecule has 110 valence electrons. The number of rotatable bonds is 5. The number of hydrogen-bond donors (Lipinski definition) is 1. The van der Waals surface area contributed by atoms with Gasteiger partial charge in [-0.2, -0.15) is 0 Å². The molecule has 0 aromatic heterocycles. The lowest BCUT2D eigenvalue weighted by atomic mass is 10.1. The molecule has 0 unspecified atom stereocenters. The van der Waals surface area contributed by atoms with Crippen molar-refractivity contribution in [3.63, 3.8) is 0 Å². The average molecular weight is 324 g/mol. The Morgan fingerprint density at radius 3 is 2.48 bits per heavy atom. The van der Waals surface area contributed by atoms with E-state index >= 15 is 0 Å². The molecular formula is C16H15Cl2NO2. The first-order chi connectivity index (χ1) is 10.1. The first-order valence-corrected chi connectivity index (χ1v) is 7.17. The molecule has 0 saturated carbocycles. The standard InChI is InChI=1S/C16H15Cl2NO2/c1-21-14-6-2-11(3-7-14)8-16(20)19-10-12-4-5-13(17)9-15(12)18/h2-7,9H,8,10H2,1H3,(H,19,20). The molecule has 0 aliphatic rings. The van der Waals surface area contributed by atoms with Gasteiger partial charge in [0.05, 0.1) is 13.5 Å². The fraction of sp³-hybridized carbons (Fsp3) is 0.188. The zero-order valence-electron chi connectivity index (χ0n) is 11.5. The molecule has 2 rings (SSSR count). The van der Waals surface area contributed by atoms with Gasteiger partial charge in [0.15, 0.2) is 0 Å². The van der Waals surface area contributed by atoms with E-state index in [2.05, 4.69) is 5.32 Å². The zero-order chi connectivity index (χ0) is 15.2. The van der Waals surface area contributed by atoms with Crippen LogP contribution in [0, 0.1) is 0 Å². The molecule has 2 aromatic rings. The second-order valence-corrected chi connectivity index (χ2v) is 5.38. The third-order valence-corrected chi connectivity index (χ3v) is 3.60. The number of nitrogens with one attached hydrogen (secondary N) is 1. The summed E-state index contributed by atoms with van der Waals surface area (Å²) in [5, 5.41) is 3.96. The Balaban J connectivity index is 1.89. The summed E-state index contributed by atoms with van der Waals surface area (Å²) in [6.07, 6.45) is 0.315. The monoisotopic (exact) mass is 323 g/mol. The molecule has 0 fully saturated rings. The molecule has 0 saturated heterocycles. The van der Waals surface area contributed by atoms with Gasteiger partial charge in [-0.25, -0.2) is 0 Å². The van der Waals surface area contributed by atoms with Gasteiger partial charge in [-0.1, -0.05) is 41.4 Å². The fourth-order valence-electron chi connectivity index (χ4n) is 1.85. The van der Waals surface area contributed by atoms with Gasteiger partial charge in [-0.05, 0) is 35.4 Å². The van der Waals surface area contributed by atoms with E-state index in [4.69, 9.17) is 27.9 Å². The SMILES string of the molecule is COc1ccc(CC(=O)NCc2ccc(Cl)cc2Cl)cc1. The van der Waals surface area contributed by atoms with E-state index in [1.165, 1.54) is 0 Å². The summed E-state index contributed by atoms with van der Waals surface area (Å²) in [5.74, 6) is 0.707. The molecule has 0 aliphatic heterocycles. The van der Waals surface area contributed by atoms with Crippen LogP contribution in [0.1, 0.15) is 11.1 Å². The summed E-state index contributed by atoms with van der Waals surface area (Å²) >= 11 is 11.9. The van der Waals surface area contributed by atoms with Gasteiger partial charge >= 0.3 is 0 Å². The highest BCUT2D eigenvalue weighted by molar-refractivity contribution is 6.35. The third kappa shape index (κ3) is 4.66. The van der Waals surface area contributed by atoms with Crippen molar-refractivity contribution in [1.82, 2.24) is 5.32 Å². The van der Waals surface area contributed by atoms with Crippen LogP contribution >= 0.6 is 23.2 Å². The number of methoxy groups -OCH3 is 1. The fourth-order valence-corrected chi connectivity index (χ4v) is 2.33. The molecule has 1 amide bonds. The van der Waals surface area contributed by atoms with E-state index in [1.54, 1.807) is 25.3 Å². The summed E-state index contributed by atoms with van der Waals surface area (Å²) in [6.45, 7) is 0.380. The van der Waals surface area contributed by atoms with E-state index in [9.17, 15) is 4.79 Å². The first kappa shape index (κ1) is 15.7. The van der Waals surface area contributed by atoms with Gasteiger partial charge in [-0.15, -0.1) is 0 Å². The Morgan fingerprint density at radius 2 is 1.86 bits per heavy atom. The van der Waals surface area contributed by atoms with Crippen molar-refractivity contribution in [3.05, 3.63) is 63.6 Å². The summed E-state index contributed by atoms with van der Waals surface area (Å²) in [6, 6.07) is 12.6. The minimum Gasteiger partial charge on any atom is -0.497 e. The van der Waals surface area contributed by atoms with Crippen LogP contribution in [0.5, 0.6) is 5.75 Å². The number of carbonyl (C=O) groups excluding carboxylic acids is 1. The molecule has 0 radical (unpaired) electrons. The minimum atomic E-state index is -0.0637. The number of hydrogen-bond acceptors (Lipinski definition) is 2. The molecule has 0 heterocycles. The third-order valence-electron chi connectivity index (χ3n) is 3.01. The van der Waals surface area contributed by atoms with E-state index in [0.29, 0.717) is 23.0 Å². The highest BCUT2D eigenvalue weighted by Crippen LogP contribution is 2.20. The van der Waals surface area contributed by atoms with Crippen molar-refractivity contribution >= 4 is 29.1 Å². The highest BCUT2D eigenvalue weighted by Gasteiger charge is 2.06. The van der Waals surface area contributed by atoms with Crippen LogP contribution in [-0.2, 0) is 17.8 Å². The Bertz CT molecular complexity index is 627. The van der Waals surface area contributed by atoms with E-state index in [-0.39, 0.29) is 5.91 Å². The maximum atomic E-state index is 11.9. The van der Waals surface area contributed by atoms with Crippen molar-refractivity contribution in [1.29, 1.82) is 0 Å². The summed E-state index contributed by atoms with van der Waals surface area (Å²) in [5.41, 5.74) is 1.76. The second kappa shape index (κ2) is 7.34. The molecule has 0 atom stereocenters. The van der Waals surface area contributed by atoms with Gasteiger partial charge in [0.1, 0.15) is 5.75 Å². The lowest BCUT2D eigenvalue weighted by Crippen LogP contribution is -2.24. The number of ether oxygens (including phenoxy) is 1. The number of halogens is 2. The molecule has 1 N–H and O–H groups in total. The van der Waals surface area contributed by atoms with Crippen molar-refractivity contribution in [3.8, 4) is 5.75 Å². The predicted molar refractivity (Wildman–Crippen MR) is 85.0 cm³/mol. The van der Waals surface area contributed by atoms with Crippen LogP contribution in [-0.4, -0.2) is 13.0 Å². The van der Waals surface area contributed by atoms with Gasteiger partial charge < -0.3 is 10.1 Å². The van der Waals surface area contributed by atoms with Gasteiger partial charge in [0.2, 0.25) is 5.91 Å². The van der Waals surface area contributed by atoms with Crippen LogP contribution in [0.15, 0.2) is 42.5 Å². The van der Waals surface area contributed by atoms with E-state index in [1.807, 2.05) is 24.3 Å². The predicted octanol–water partition coefficient (Wildman–Crippen LogP) is 3.86. The quantitative estimate of drug-likeness (QED) is 0.907. The largest absolute Gasteiger partial charge is 0.497 e. The van der Waals surface area contributed by atoms with Gasteiger partial charge in [0.25, 0.3) is 0 Å². The van der Waals surface area contributed by atoms with Crippen LogP contribution in [0.4, 0.5) is 0 Å². The Kier molecular flexibility index (Phi) is 5.48. The Morgan fingerprint density at radius 1 is 1.14 bits per heavy atom. The summed E-state index contributed by atoms with van der Waals surface area (Å²) in [4.78, 5) is 11.9. The molecule has 3 nitrogen and oxygen atoms in total. The number of amides is 1. The molecule has 0 spiro atoms. The van der Waals surface area contributed by atoms with Gasteiger partial charge in [-0.3, -0.25) is 4.79 Å². The minimum absolute atomic E-state index is 0.0637. The number of benzene rings is 2. The molecule has 0 aliphatic carbocycles. The second-order valence-electron chi connectivity index (χ2n) is 4.54. The smallest absolute Gasteiger partial charge is 0.224 e. The lowest BCUT2D eigenvalue weighted by molar-refractivity contribution is -0.120. The molecule has 21 heavy (non-hydrogen) atoms. The maximum Gasteiger partial charge on any atom is 0.224 e. The van der Waals surface area contributed by atoms with Crippen molar-refractivity contribution in [2.45, 2.75) is 13.0 Å². The average Bonchev–Trinajstić information content (AvgIpc) is 2.47. The Labute approximate surface area is 133 Å². The van der Waals surface area contributed by atoms with Gasteiger partial charge in [0, 0.05) is 16.6 Å². The molecule has 0 bridgehead atoms. The molecular weight excluding hydrogens is 309 g/mol. The van der Waals surface area contributed by atoms with E-state index < -0.39 is 0 Å². The van der Waals surface area contributed by atoms with Crippen LogP contribution in [0.3, 0.4) is 0 Å². The number of carbonyl (C=O) groups is 1. The first-order valence-electron chi connectivity index (χ1n) is 6.42.